The van der Waals surface area contributed by atoms with Gasteiger partial charge in [0.2, 0.25) is 0 Å². The van der Waals surface area contributed by atoms with E-state index in [2.05, 4.69) is 31.3 Å². The van der Waals surface area contributed by atoms with E-state index in [4.69, 9.17) is 9.51 Å². The molecule has 0 unspecified atom stereocenters. The Labute approximate surface area is 134 Å². The molecule has 21 heavy (non-hydrogen) atoms. The number of nitrogens with zero attached hydrogens (tertiary/aromatic N) is 2. The summed E-state index contributed by atoms with van der Waals surface area (Å²) >= 11 is 3.65. The van der Waals surface area contributed by atoms with Crippen LogP contribution in [0.4, 0.5) is 0 Å². The number of thioether (sulfide) groups is 1. The van der Waals surface area contributed by atoms with E-state index in [1.807, 2.05) is 11.8 Å². The maximum absolute atomic E-state index is 5.46. The maximum atomic E-state index is 5.46. The van der Waals surface area contributed by atoms with E-state index in [9.17, 15) is 0 Å². The van der Waals surface area contributed by atoms with Crippen LogP contribution in [0.5, 0.6) is 0 Å². The van der Waals surface area contributed by atoms with Crippen LogP contribution in [0.1, 0.15) is 61.3 Å². The van der Waals surface area contributed by atoms with Crippen LogP contribution in [0, 0.1) is 0 Å². The Morgan fingerprint density at radius 2 is 2.05 bits per heavy atom. The molecule has 2 heterocycles. The van der Waals surface area contributed by atoms with Crippen molar-refractivity contribution in [1.29, 1.82) is 0 Å². The number of aromatic nitrogens is 2. The van der Waals surface area contributed by atoms with Gasteiger partial charge in [0.15, 0.2) is 0 Å². The first kappa shape index (κ1) is 15.1. The van der Waals surface area contributed by atoms with Gasteiger partial charge in [-0.15, -0.1) is 23.1 Å². The molecule has 0 aliphatic heterocycles. The lowest BCUT2D eigenvalue weighted by Crippen LogP contribution is -2.10. The topological polar surface area (TPSA) is 38.9 Å². The van der Waals surface area contributed by atoms with Gasteiger partial charge in [-0.05, 0) is 19.3 Å². The number of thiazole rings is 1. The number of hydrogen-bond donors (Lipinski definition) is 0. The van der Waals surface area contributed by atoms with Crippen LogP contribution in [-0.4, -0.2) is 10.1 Å². The molecule has 0 saturated heterocycles. The van der Waals surface area contributed by atoms with E-state index in [-0.39, 0.29) is 5.41 Å². The van der Waals surface area contributed by atoms with Crippen LogP contribution in [0.25, 0.3) is 0 Å². The van der Waals surface area contributed by atoms with Gasteiger partial charge in [0.25, 0.3) is 0 Å². The molecule has 0 N–H and O–H groups in total. The molecule has 2 aromatic rings. The van der Waals surface area contributed by atoms with Crippen LogP contribution < -0.4 is 0 Å². The van der Waals surface area contributed by atoms with Gasteiger partial charge in [0.1, 0.15) is 5.76 Å². The quantitative estimate of drug-likeness (QED) is 0.815. The van der Waals surface area contributed by atoms with Crippen molar-refractivity contribution in [3.63, 3.8) is 0 Å². The molecule has 0 spiro atoms. The van der Waals surface area contributed by atoms with Gasteiger partial charge < -0.3 is 4.52 Å². The first-order valence-corrected chi connectivity index (χ1v) is 9.56. The van der Waals surface area contributed by atoms with Crippen molar-refractivity contribution in [3.05, 3.63) is 33.1 Å². The molecule has 0 atom stereocenters. The van der Waals surface area contributed by atoms with E-state index < -0.39 is 0 Å². The minimum atomic E-state index is 0.152. The molecule has 1 aliphatic carbocycles. The lowest BCUT2D eigenvalue weighted by molar-refractivity contribution is 0.369. The van der Waals surface area contributed by atoms with Crippen LogP contribution in [0.3, 0.4) is 0 Å². The zero-order valence-electron chi connectivity index (χ0n) is 12.9. The van der Waals surface area contributed by atoms with Gasteiger partial charge in [-0.25, -0.2) is 4.98 Å². The highest BCUT2D eigenvalue weighted by Gasteiger charge is 2.20. The van der Waals surface area contributed by atoms with Crippen LogP contribution in [0.2, 0.25) is 0 Å². The molecule has 2 aromatic heterocycles. The molecule has 5 heteroatoms. The van der Waals surface area contributed by atoms with E-state index in [0.717, 1.165) is 35.8 Å². The van der Waals surface area contributed by atoms with Crippen LogP contribution in [-0.2, 0) is 29.8 Å². The number of fused-ring (bicyclic) bond motifs is 1. The minimum absolute atomic E-state index is 0.152. The molecule has 3 rings (SSSR count). The summed E-state index contributed by atoms with van der Waals surface area (Å²) in [5, 5.41) is 7.67. The molecule has 1 aliphatic rings. The predicted molar refractivity (Wildman–Crippen MR) is 89.0 cm³/mol. The van der Waals surface area contributed by atoms with Gasteiger partial charge in [0.05, 0.1) is 16.4 Å². The van der Waals surface area contributed by atoms with Crippen LogP contribution >= 0.6 is 23.1 Å². The standard InChI is InChI=1S/C16H22N2OS2/c1-16(2,3)15-17-11(9-21-15)8-20-10-13-12-6-4-5-7-14(12)19-18-13/h9H,4-8,10H2,1-3H3. The Hall–Kier alpha value is -0.810. The maximum Gasteiger partial charge on any atom is 0.140 e. The van der Waals surface area contributed by atoms with Crippen molar-refractivity contribution in [2.75, 3.05) is 0 Å². The third kappa shape index (κ3) is 3.51. The second kappa shape index (κ2) is 6.13. The molecule has 0 aromatic carbocycles. The van der Waals surface area contributed by atoms with E-state index in [0.29, 0.717) is 0 Å². The van der Waals surface area contributed by atoms with Crippen molar-refractivity contribution < 1.29 is 4.52 Å². The Kier molecular flexibility index (Phi) is 4.41. The first-order chi connectivity index (χ1) is 10.0. The highest BCUT2D eigenvalue weighted by Crippen LogP contribution is 2.29. The molecule has 0 fully saturated rings. The summed E-state index contributed by atoms with van der Waals surface area (Å²) in [6.07, 6.45) is 4.71. The monoisotopic (exact) mass is 322 g/mol. The van der Waals surface area contributed by atoms with E-state index in [1.54, 1.807) is 11.3 Å². The van der Waals surface area contributed by atoms with Gasteiger partial charge >= 0.3 is 0 Å². The summed E-state index contributed by atoms with van der Waals surface area (Å²) in [6.45, 7) is 6.64. The fourth-order valence-corrected chi connectivity index (χ4v) is 4.42. The van der Waals surface area contributed by atoms with Gasteiger partial charge in [-0.1, -0.05) is 25.9 Å². The normalized spacial score (nSPS) is 15.2. The second-order valence-electron chi connectivity index (χ2n) is 6.62. The van der Waals surface area contributed by atoms with Crippen molar-refractivity contribution in [3.8, 4) is 0 Å². The summed E-state index contributed by atoms with van der Waals surface area (Å²) in [5.74, 6) is 3.01. The molecule has 3 nitrogen and oxygen atoms in total. The van der Waals surface area contributed by atoms with Gasteiger partial charge in [-0.2, -0.15) is 0 Å². The van der Waals surface area contributed by atoms with Crippen molar-refractivity contribution in [2.45, 2.75) is 63.4 Å². The largest absolute Gasteiger partial charge is 0.361 e. The number of aryl methyl sites for hydroxylation is 1. The molecule has 0 saturated carbocycles. The Bertz CT molecular complexity index is 610. The summed E-state index contributed by atoms with van der Waals surface area (Å²) in [7, 11) is 0. The third-order valence-electron chi connectivity index (χ3n) is 3.71. The Balaban J connectivity index is 1.57. The smallest absolute Gasteiger partial charge is 0.140 e. The highest BCUT2D eigenvalue weighted by atomic mass is 32.2. The van der Waals surface area contributed by atoms with E-state index in [1.165, 1.54) is 29.1 Å². The lowest BCUT2D eigenvalue weighted by atomic mass is 9.97. The molecular formula is C16H22N2OS2. The van der Waals surface area contributed by atoms with Crippen molar-refractivity contribution in [2.24, 2.45) is 0 Å². The van der Waals surface area contributed by atoms with Gasteiger partial charge in [0, 0.05) is 34.3 Å². The fourth-order valence-electron chi connectivity index (χ4n) is 2.53. The first-order valence-electron chi connectivity index (χ1n) is 7.53. The molecule has 114 valence electrons. The zero-order valence-corrected chi connectivity index (χ0v) is 14.6. The average Bonchev–Trinajstić information content (AvgIpc) is 3.06. The number of hydrogen-bond acceptors (Lipinski definition) is 5. The molecule has 0 radical (unpaired) electrons. The van der Waals surface area contributed by atoms with Crippen molar-refractivity contribution in [1.82, 2.24) is 10.1 Å². The second-order valence-corrected chi connectivity index (χ2v) is 8.47. The molecule has 0 amide bonds. The highest BCUT2D eigenvalue weighted by molar-refractivity contribution is 7.97. The van der Waals surface area contributed by atoms with Gasteiger partial charge in [-0.3, -0.25) is 0 Å². The fraction of sp³-hybridized carbons (Fsp3) is 0.625. The third-order valence-corrected chi connectivity index (χ3v) is 6.01. The predicted octanol–water partition coefficient (Wildman–Crippen LogP) is 4.74. The molecular weight excluding hydrogens is 300 g/mol. The zero-order chi connectivity index (χ0) is 14.9. The number of rotatable bonds is 4. The summed E-state index contributed by atoms with van der Waals surface area (Å²) in [4.78, 5) is 4.74. The Morgan fingerprint density at radius 1 is 1.24 bits per heavy atom. The lowest BCUT2D eigenvalue weighted by Gasteiger charge is -2.13. The average molecular weight is 322 g/mol. The van der Waals surface area contributed by atoms with E-state index >= 15 is 0 Å². The minimum Gasteiger partial charge on any atom is -0.361 e. The van der Waals surface area contributed by atoms with Crippen LogP contribution in [0.15, 0.2) is 9.90 Å². The van der Waals surface area contributed by atoms with Crippen molar-refractivity contribution >= 4 is 23.1 Å². The molecule has 0 bridgehead atoms. The summed E-state index contributed by atoms with van der Waals surface area (Å²) in [5.41, 5.74) is 3.87. The summed E-state index contributed by atoms with van der Waals surface area (Å²) < 4.78 is 5.46. The SMILES string of the molecule is CC(C)(C)c1nc(CSCc2noc3c2CCCC3)cs1. The Morgan fingerprint density at radius 3 is 2.81 bits per heavy atom. The summed E-state index contributed by atoms with van der Waals surface area (Å²) in [6, 6.07) is 0.